The first kappa shape index (κ1) is 9.93. The van der Waals surface area contributed by atoms with Crippen LogP contribution in [0.25, 0.3) is 5.69 Å². The Kier molecular flexibility index (Phi) is 2.83. The average Bonchev–Trinajstić information content (AvgIpc) is 2.67. The number of nitrogens with zero attached hydrogens (tertiary/aromatic N) is 2. The van der Waals surface area contributed by atoms with Crippen LogP contribution in [0.3, 0.4) is 0 Å². The van der Waals surface area contributed by atoms with Gasteiger partial charge in [0.05, 0.1) is 6.54 Å². The zero-order valence-corrected chi connectivity index (χ0v) is 9.07. The molecule has 0 aliphatic heterocycles. The van der Waals surface area contributed by atoms with Crippen LogP contribution in [0.5, 0.6) is 0 Å². The van der Waals surface area contributed by atoms with Gasteiger partial charge in [0.1, 0.15) is 5.82 Å². The highest BCUT2D eigenvalue weighted by molar-refractivity contribution is 5.40. The van der Waals surface area contributed by atoms with E-state index in [1.165, 1.54) is 11.3 Å². The number of hydrogen-bond acceptors (Lipinski definition) is 2. The van der Waals surface area contributed by atoms with Gasteiger partial charge >= 0.3 is 0 Å². The third-order valence-electron chi connectivity index (χ3n) is 2.43. The Labute approximate surface area is 89.8 Å². The van der Waals surface area contributed by atoms with Crippen LogP contribution in [0, 0.1) is 6.92 Å². The molecule has 3 nitrogen and oxygen atoms in total. The molecule has 3 heteroatoms. The minimum atomic E-state index is 0.779. The third kappa shape index (κ3) is 1.92. The van der Waals surface area contributed by atoms with Crippen molar-refractivity contribution in [3.05, 3.63) is 48.0 Å². The van der Waals surface area contributed by atoms with Crippen molar-refractivity contribution in [3.8, 4) is 5.69 Å². The van der Waals surface area contributed by atoms with Crippen LogP contribution in [0.2, 0.25) is 0 Å². The molecule has 0 aliphatic rings. The van der Waals surface area contributed by atoms with E-state index in [2.05, 4.69) is 33.9 Å². The Morgan fingerprint density at radius 1 is 1.33 bits per heavy atom. The van der Waals surface area contributed by atoms with E-state index in [4.69, 9.17) is 0 Å². The molecule has 1 aromatic heterocycles. The number of benzene rings is 1. The molecular formula is C12H15N3. The lowest BCUT2D eigenvalue weighted by atomic mass is 10.2. The number of hydrogen-bond donors (Lipinski definition) is 1. The molecule has 0 fully saturated rings. The van der Waals surface area contributed by atoms with Crippen molar-refractivity contribution in [1.82, 2.24) is 14.9 Å². The van der Waals surface area contributed by atoms with Gasteiger partial charge in [0, 0.05) is 18.1 Å². The van der Waals surface area contributed by atoms with Gasteiger partial charge in [-0.1, -0.05) is 18.2 Å². The molecular weight excluding hydrogens is 186 g/mol. The smallest absolute Gasteiger partial charge is 0.127 e. The Morgan fingerprint density at radius 2 is 2.13 bits per heavy atom. The van der Waals surface area contributed by atoms with E-state index in [0.717, 1.165) is 12.4 Å². The summed E-state index contributed by atoms with van der Waals surface area (Å²) in [6.07, 6.45) is 3.83. The summed E-state index contributed by atoms with van der Waals surface area (Å²) in [6.45, 7) is 2.89. The standard InChI is InChI=1S/C12H15N3/c1-10-5-3-4-6-11(10)15-8-7-14-12(15)9-13-2/h3-8,13H,9H2,1-2H3. The summed E-state index contributed by atoms with van der Waals surface area (Å²) in [7, 11) is 1.93. The Bertz CT molecular complexity index is 446. The fourth-order valence-electron chi connectivity index (χ4n) is 1.68. The zero-order chi connectivity index (χ0) is 10.7. The Morgan fingerprint density at radius 3 is 2.87 bits per heavy atom. The summed E-state index contributed by atoms with van der Waals surface area (Å²) in [5.41, 5.74) is 2.45. The van der Waals surface area contributed by atoms with Crippen LogP contribution >= 0.6 is 0 Å². The van der Waals surface area contributed by atoms with E-state index < -0.39 is 0 Å². The van der Waals surface area contributed by atoms with E-state index in [9.17, 15) is 0 Å². The fraction of sp³-hybridized carbons (Fsp3) is 0.250. The molecule has 0 aliphatic carbocycles. The second kappa shape index (κ2) is 4.28. The van der Waals surface area contributed by atoms with Gasteiger partial charge in [-0.25, -0.2) is 4.98 Å². The van der Waals surface area contributed by atoms with Gasteiger partial charge in [-0.3, -0.25) is 0 Å². The maximum atomic E-state index is 4.32. The lowest BCUT2D eigenvalue weighted by Crippen LogP contribution is -2.11. The molecule has 0 spiro atoms. The second-order valence-corrected chi connectivity index (χ2v) is 3.53. The van der Waals surface area contributed by atoms with Crippen molar-refractivity contribution in [3.63, 3.8) is 0 Å². The molecule has 0 radical (unpaired) electrons. The molecule has 0 saturated heterocycles. The van der Waals surface area contributed by atoms with Crippen molar-refractivity contribution < 1.29 is 0 Å². The van der Waals surface area contributed by atoms with Gasteiger partial charge < -0.3 is 9.88 Å². The number of rotatable bonds is 3. The van der Waals surface area contributed by atoms with Crippen LogP contribution < -0.4 is 5.32 Å². The summed E-state index contributed by atoms with van der Waals surface area (Å²) >= 11 is 0. The molecule has 2 aromatic rings. The van der Waals surface area contributed by atoms with E-state index in [1.807, 2.05) is 31.6 Å². The van der Waals surface area contributed by atoms with Crippen LogP contribution in [0.15, 0.2) is 36.7 Å². The van der Waals surface area contributed by atoms with Crippen LogP contribution in [0.1, 0.15) is 11.4 Å². The highest BCUT2D eigenvalue weighted by atomic mass is 15.1. The summed E-state index contributed by atoms with van der Waals surface area (Å²) in [5, 5.41) is 3.12. The molecule has 1 aromatic carbocycles. The zero-order valence-electron chi connectivity index (χ0n) is 9.07. The third-order valence-corrected chi connectivity index (χ3v) is 2.43. The van der Waals surface area contributed by atoms with Gasteiger partial charge in [0.25, 0.3) is 0 Å². The van der Waals surface area contributed by atoms with E-state index in [-0.39, 0.29) is 0 Å². The second-order valence-electron chi connectivity index (χ2n) is 3.53. The lowest BCUT2D eigenvalue weighted by molar-refractivity contribution is 0.741. The van der Waals surface area contributed by atoms with Crippen molar-refractivity contribution in [2.24, 2.45) is 0 Å². The Hall–Kier alpha value is -1.61. The van der Waals surface area contributed by atoms with Crippen molar-refractivity contribution in [2.45, 2.75) is 13.5 Å². The first-order valence-electron chi connectivity index (χ1n) is 5.06. The molecule has 2 rings (SSSR count). The van der Waals surface area contributed by atoms with Gasteiger partial charge in [-0.15, -0.1) is 0 Å². The largest absolute Gasteiger partial charge is 0.313 e. The fourth-order valence-corrected chi connectivity index (χ4v) is 1.68. The molecule has 1 N–H and O–H groups in total. The van der Waals surface area contributed by atoms with Crippen molar-refractivity contribution >= 4 is 0 Å². The minimum absolute atomic E-state index is 0.779. The van der Waals surface area contributed by atoms with Crippen molar-refractivity contribution in [2.75, 3.05) is 7.05 Å². The summed E-state index contributed by atoms with van der Waals surface area (Å²) in [5.74, 6) is 1.03. The van der Waals surface area contributed by atoms with Crippen LogP contribution in [-0.2, 0) is 6.54 Å². The molecule has 15 heavy (non-hydrogen) atoms. The SMILES string of the molecule is CNCc1nccn1-c1ccccc1C. The van der Waals surface area contributed by atoms with Crippen LogP contribution in [0.4, 0.5) is 0 Å². The van der Waals surface area contributed by atoms with Crippen LogP contribution in [-0.4, -0.2) is 16.6 Å². The number of nitrogens with one attached hydrogen (secondary N) is 1. The first-order valence-corrected chi connectivity index (χ1v) is 5.06. The minimum Gasteiger partial charge on any atom is -0.313 e. The molecule has 0 unspecified atom stereocenters. The van der Waals surface area contributed by atoms with Gasteiger partial charge in [0.15, 0.2) is 0 Å². The lowest BCUT2D eigenvalue weighted by Gasteiger charge is -2.09. The molecule has 78 valence electrons. The Balaban J connectivity index is 2.45. The summed E-state index contributed by atoms with van der Waals surface area (Å²) in [4.78, 5) is 4.32. The van der Waals surface area contributed by atoms with Gasteiger partial charge in [-0.05, 0) is 25.6 Å². The number of imidazole rings is 1. The predicted octanol–water partition coefficient (Wildman–Crippen LogP) is 1.90. The first-order chi connectivity index (χ1) is 7.33. The molecule has 0 saturated carbocycles. The normalized spacial score (nSPS) is 10.5. The van der Waals surface area contributed by atoms with E-state index in [0.29, 0.717) is 0 Å². The van der Waals surface area contributed by atoms with E-state index >= 15 is 0 Å². The number of para-hydroxylation sites is 1. The number of aryl methyl sites for hydroxylation is 1. The quantitative estimate of drug-likeness (QED) is 0.822. The highest BCUT2D eigenvalue weighted by Crippen LogP contribution is 2.14. The van der Waals surface area contributed by atoms with Crippen molar-refractivity contribution in [1.29, 1.82) is 0 Å². The van der Waals surface area contributed by atoms with E-state index in [1.54, 1.807) is 0 Å². The maximum Gasteiger partial charge on any atom is 0.127 e. The topological polar surface area (TPSA) is 29.9 Å². The summed E-state index contributed by atoms with van der Waals surface area (Å²) < 4.78 is 2.12. The molecule has 1 heterocycles. The van der Waals surface area contributed by atoms with Gasteiger partial charge in [-0.2, -0.15) is 0 Å². The molecule has 0 atom stereocenters. The maximum absolute atomic E-state index is 4.32. The molecule has 0 amide bonds. The molecule has 0 bridgehead atoms. The number of aromatic nitrogens is 2. The van der Waals surface area contributed by atoms with Gasteiger partial charge in [0.2, 0.25) is 0 Å². The highest BCUT2D eigenvalue weighted by Gasteiger charge is 2.05. The predicted molar refractivity (Wildman–Crippen MR) is 61.1 cm³/mol. The monoisotopic (exact) mass is 201 g/mol. The average molecular weight is 201 g/mol. The summed E-state index contributed by atoms with van der Waals surface area (Å²) in [6, 6.07) is 8.31.